The first-order valence-corrected chi connectivity index (χ1v) is 7.65. The summed E-state index contributed by atoms with van der Waals surface area (Å²) in [5, 5.41) is 0.981. The minimum Gasteiger partial charge on any atom is -0.459 e. The largest absolute Gasteiger partial charge is 0.459 e. The van der Waals surface area contributed by atoms with Crippen molar-refractivity contribution in [3.8, 4) is 0 Å². The molecule has 1 aromatic heterocycles. The molecule has 98 valence electrons. The Morgan fingerprint density at radius 3 is 2.72 bits per heavy atom. The molecule has 0 fully saturated rings. The monoisotopic (exact) mass is 267 g/mol. The van der Waals surface area contributed by atoms with Crippen molar-refractivity contribution >= 4 is 21.0 Å². The van der Waals surface area contributed by atoms with E-state index in [0.717, 1.165) is 11.0 Å². The zero-order chi connectivity index (χ0) is 13.2. The Balaban J connectivity index is 2.21. The van der Waals surface area contributed by atoms with Gasteiger partial charge in [-0.25, -0.2) is 13.1 Å². The van der Waals surface area contributed by atoms with E-state index < -0.39 is 10.0 Å². The first kappa shape index (κ1) is 13.1. The number of rotatable bonds is 5. The summed E-state index contributed by atoms with van der Waals surface area (Å²) >= 11 is 0. The SMILES string of the molecule is CCCS(=O)(=O)NC(C)c1cc2ccccc2o1. The Kier molecular flexibility index (Phi) is 3.73. The number of nitrogens with one attached hydrogen (secondary N) is 1. The van der Waals surface area contributed by atoms with Crippen LogP contribution in [0, 0.1) is 0 Å². The number of hydrogen-bond donors (Lipinski definition) is 1. The van der Waals surface area contributed by atoms with Gasteiger partial charge in [0, 0.05) is 5.39 Å². The van der Waals surface area contributed by atoms with Crippen LogP contribution in [0.2, 0.25) is 0 Å². The lowest BCUT2D eigenvalue weighted by atomic mass is 10.2. The molecule has 0 aliphatic heterocycles. The molecule has 0 aliphatic rings. The molecule has 2 aromatic rings. The standard InChI is InChI=1S/C13H17NO3S/c1-3-8-18(15,16)14-10(2)13-9-11-6-4-5-7-12(11)17-13/h4-7,9-10,14H,3,8H2,1-2H3. The maximum Gasteiger partial charge on any atom is 0.212 e. The zero-order valence-electron chi connectivity index (χ0n) is 10.5. The number of benzene rings is 1. The van der Waals surface area contributed by atoms with Gasteiger partial charge in [0.1, 0.15) is 11.3 Å². The zero-order valence-corrected chi connectivity index (χ0v) is 11.3. The lowest BCUT2D eigenvalue weighted by molar-refractivity contribution is 0.484. The Morgan fingerprint density at radius 1 is 1.33 bits per heavy atom. The highest BCUT2D eigenvalue weighted by atomic mass is 32.2. The molecule has 5 heteroatoms. The summed E-state index contributed by atoms with van der Waals surface area (Å²) in [5.41, 5.74) is 0.772. The molecular formula is C13H17NO3S. The third-order valence-corrected chi connectivity index (χ3v) is 4.36. The van der Waals surface area contributed by atoms with Crippen LogP contribution >= 0.6 is 0 Å². The minimum atomic E-state index is -3.23. The second kappa shape index (κ2) is 5.12. The summed E-state index contributed by atoms with van der Waals surface area (Å²) in [7, 11) is -3.23. The molecule has 0 amide bonds. The van der Waals surface area contributed by atoms with E-state index in [2.05, 4.69) is 4.72 Å². The van der Waals surface area contributed by atoms with Gasteiger partial charge in [-0.05, 0) is 25.5 Å². The molecule has 0 aliphatic carbocycles. The number of furan rings is 1. The van der Waals surface area contributed by atoms with Crippen molar-refractivity contribution < 1.29 is 12.8 Å². The van der Waals surface area contributed by atoms with Crippen molar-refractivity contribution in [2.75, 3.05) is 5.75 Å². The Labute approximate surface area is 107 Å². The van der Waals surface area contributed by atoms with Crippen molar-refractivity contribution in [3.05, 3.63) is 36.1 Å². The highest BCUT2D eigenvalue weighted by Crippen LogP contribution is 2.23. The van der Waals surface area contributed by atoms with Gasteiger partial charge in [-0.3, -0.25) is 0 Å². The molecule has 0 bridgehead atoms. The van der Waals surface area contributed by atoms with Gasteiger partial charge in [-0.2, -0.15) is 0 Å². The van der Waals surface area contributed by atoms with Gasteiger partial charge in [0.25, 0.3) is 0 Å². The van der Waals surface area contributed by atoms with Crippen LogP contribution in [0.1, 0.15) is 32.1 Å². The lowest BCUT2D eigenvalue weighted by Crippen LogP contribution is -2.28. The molecular weight excluding hydrogens is 250 g/mol. The van der Waals surface area contributed by atoms with E-state index in [1.54, 1.807) is 6.92 Å². The Morgan fingerprint density at radius 2 is 2.06 bits per heavy atom. The van der Waals surface area contributed by atoms with Crippen molar-refractivity contribution in [3.63, 3.8) is 0 Å². The number of para-hydroxylation sites is 1. The van der Waals surface area contributed by atoms with Gasteiger partial charge in [0.15, 0.2) is 0 Å². The molecule has 0 saturated heterocycles. The molecule has 2 rings (SSSR count). The van der Waals surface area contributed by atoms with Crippen molar-refractivity contribution in [1.29, 1.82) is 0 Å². The van der Waals surface area contributed by atoms with Crippen molar-refractivity contribution in [1.82, 2.24) is 4.72 Å². The summed E-state index contributed by atoms with van der Waals surface area (Å²) in [6.45, 7) is 3.62. The maximum atomic E-state index is 11.7. The molecule has 1 N–H and O–H groups in total. The molecule has 1 atom stereocenters. The van der Waals surface area contributed by atoms with Crippen LogP contribution in [0.25, 0.3) is 11.0 Å². The van der Waals surface area contributed by atoms with E-state index >= 15 is 0 Å². The average Bonchev–Trinajstić information content (AvgIpc) is 2.71. The fourth-order valence-corrected chi connectivity index (χ4v) is 3.18. The predicted octanol–water partition coefficient (Wildman–Crippen LogP) is 2.82. The summed E-state index contributed by atoms with van der Waals surface area (Å²) in [6.07, 6.45) is 0.599. The Hall–Kier alpha value is -1.33. The summed E-state index contributed by atoms with van der Waals surface area (Å²) in [4.78, 5) is 0. The van der Waals surface area contributed by atoms with E-state index in [1.807, 2.05) is 37.3 Å². The number of fused-ring (bicyclic) bond motifs is 1. The topological polar surface area (TPSA) is 59.3 Å². The van der Waals surface area contributed by atoms with Crippen molar-refractivity contribution in [2.24, 2.45) is 0 Å². The maximum absolute atomic E-state index is 11.7. The van der Waals surface area contributed by atoms with E-state index in [1.165, 1.54) is 0 Å². The molecule has 0 spiro atoms. The first-order chi connectivity index (χ1) is 8.52. The quantitative estimate of drug-likeness (QED) is 0.906. The van der Waals surface area contributed by atoms with Crippen LogP contribution in [0.3, 0.4) is 0 Å². The molecule has 18 heavy (non-hydrogen) atoms. The molecule has 1 aromatic carbocycles. The van der Waals surface area contributed by atoms with Gasteiger partial charge in [0.05, 0.1) is 11.8 Å². The Bertz CT molecular complexity index is 597. The van der Waals surface area contributed by atoms with Crippen LogP contribution in [0.5, 0.6) is 0 Å². The normalized spacial score (nSPS) is 13.9. The number of sulfonamides is 1. The van der Waals surface area contributed by atoms with Gasteiger partial charge < -0.3 is 4.42 Å². The third-order valence-electron chi connectivity index (χ3n) is 2.70. The summed E-state index contributed by atoms with van der Waals surface area (Å²) < 4.78 is 31.6. The average molecular weight is 267 g/mol. The second-order valence-electron chi connectivity index (χ2n) is 4.35. The van der Waals surface area contributed by atoms with E-state index in [4.69, 9.17) is 4.42 Å². The van der Waals surface area contributed by atoms with Gasteiger partial charge in [-0.15, -0.1) is 0 Å². The van der Waals surface area contributed by atoms with Crippen LogP contribution in [-0.4, -0.2) is 14.2 Å². The third kappa shape index (κ3) is 2.91. The molecule has 0 radical (unpaired) electrons. The van der Waals surface area contributed by atoms with E-state index in [0.29, 0.717) is 12.2 Å². The van der Waals surface area contributed by atoms with Crippen LogP contribution < -0.4 is 4.72 Å². The lowest BCUT2D eigenvalue weighted by Gasteiger charge is -2.10. The molecule has 1 heterocycles. The van der Waals surface area contributed by atoms with Gasteiger partial charge in [-0.1, -0.05) is 25.1 Å². The summed E-state index contributed by atoms with van der Waals surface area (Å²) in [5.74, 6) is 0.772. The second-order valence-corrected chi connectivity index (χ2v) is 6.22. The highest BCUT2D eigenvalue weighted by molar-refractivity contribution is 7.89. The fraction of sp³-hybridized carbons (Fsp3) is 0.385. The molecule has 0 saturated carbocycles. The fourth-order valence-electron chi connectivity index (χ4n) is 1.87. The van der Waals surface area contributed by atoms with Crippen LogP contribution in [-0.2, 0) is 10.0 Å². The van der Waals surface area contributed by atoms with E-state index in [-0.39, 0.29) is 11.8 Å². The smallest absolute Gasteiger partial charge is 0.212 e. The van der Waals surface area contributed by atoms with Crippen molar-refractivity contribution in [2.45, 2.75) is 26.3 Å². The predicted molar refractivity (Wildman–Crippen MR) is 71.8 cm³/mol. The first-order valence-electron chi connectivity index (χ1n) is 6.00. The van der Waals surface area contributed by atoms with Gasteiger partial charge >= 0.3 is 0 Å². The van der Waals surface area contributed by atoms with Gasteiger partial charge in [0.2, 0.25) is 10.0 Å². The van der Waals surface area contributed by atoms with Crippen LogP contribution in [0.4, 0.5) is 0 Å². The number of hydrogen-bond acceptors (Lipinski definition) is 3. The molecule has 1 unspecified atom stereocenters. The highest BCUT2D eigenvalue weighted by Gasteiger charge is 2.17. The molecule has 4 nitrogen and oxygen atoms in total. The van der Waals surface area contributed by atoms with E-state index in [9.17, 15) is 8.42 Å². The minimum absolute atomic E-state index is 0.136. The van der Waals surface area contributed by atoms with Crippen LogP contribution in [0.15, 0.2) is 34.7 Å². The summed E-state index contributed by atoms with van der Waals surface area (Å²) in [6, 6.07) is 9.14.